The molecule has 0 fully saturated rings. The van der Waals surface area contributed by atoms with Crippen molar-refractivity contribution in [3.05, 3.63) is 65.1 Å². The second-order valence-electron chi connectivity index (χ2n) is 5.79. The largest absolute Gasteiger partial charge is 0.277 e. The lowest BCUT2D eigenvalue weighted by Gasteiger charge is -2.35. The molecular weight excluding hydrogens is 365 g/mol. The predicted molar refractivity (Wildman–Crippen MR) is 93.5 cm³/mol. The highest BCUT2D eigenvalue weighted by Gasteiger charge is 2.38. The normalized spacial score (nSPS) is 16.4. The highest BCUT2D eigenvalue weighted by atomic mass is 35.5. The lowest BCUT2D eigenvalue weighted by molar-refractivity contribution is 0.581. The van der Waals surface area contributed by atoms with Gasteiger partial charge in [-0.2, -0.15) is 5.10 Å². The summed E-state index contributed by atoms with van der Waals surface area (Å²) >= 11 is 5.86. The maximum Gasteiger partial charge on any atom is 0.264 e. The zero-order valence-electron chi connectivity index (χ0n) is 13.1. The zero-order valence-corrected chi connectivity index (χ0v) is 14.6. The van der Waals surface area contributed by atoms with Crippen molar-refractivity contribution >= 4 is 27.3 Å². The summed E-state index contributed by atoms with van der Waals surface area (Å²) in [6.07, 6.45) is 1.57. The molecule has 3 aromatic rings. The van der Waals surface area contributed by atoms with E-state index in [-0.39, 0.29) is 4.90 Å². The lowest BCUT2D eigenvalue weighted by Crippen LogP contribution is -2.36. The summed E-state index contributed by atoms with van der Waals surface area (Å²) in [6, 6.07) is 9.50. The summed E-state index contributed by atoms with van der Waals surface area (Å²) in [6.45, 7) is 1.77. The van der Waals surface area contributed by atoms with Gasteiger partial charge in [0.05, 0.1) is 28.5 Å². The second kappa shape index (κ2) is 5.57. The first kappa shape index (κ1) is 16.1. The fourth-order valence-corrected chi connectivity index (χ4v) is 4.90. The number of halogens is 2. The minimum Gasteiger partial charge on any atom is -0.277 e. The zero-order chi connectivity index (χ0) is 17.8. The van der Waals surface area contributed by atoms with Crippen LogP contribution < -0.4 is 4.31 Å². The first-order valence-corrected chi connectivity index (χ1v) is 9.34. The molecule has 0 amide bonds. The molecular formula is C17H13ClFN3O2S. The number of anilines is 1. The van der Waals surface area contributed by atoms with Crippen molar-refractivity contribution in [2.75, 3.05) is 4.31 Å². The molecule has 5 nitrogen and oxygen atoms in total. The molecule has 1 N–H and O–H groups in total. The Morgan fingerprint density at radius 1 is 1.20 bits per heavy atom. The molecule has 1 aliphatic rings. The first-order chi connectivity index (χ1) is 11.9. The average Bonchev–Trinajstić information content (AvgIpc) is 3.06. The number of fused-ring (bicyclic) bond motifs is 3. The minimum absolute atomic E-state index is 0.117. The van der Waals surface area contributed by atoms with Crippen molar-refractivity contribution in [3.8, 4) is 11.3 Å². The van der Waals surface area contributed by atoms with E-state index in [1.54, 1.807) is 13.1 Å². The molecule has 0 spiro atoms. The van der Waals surface area contributed by atoms with Gasteiger partial charge < -0.3 is 0 Å². The quantitative estimate of drug-likeness (QED) is 0.729. The molecule has 0 saturated carbocycles. The highest BCUT2D eigenvalue weighted by molar-refractivity contribution is 7.92. The molecule has 1 aliphatic heterocycles. The number of rotatable bonds is 2. The van der Waals surface area contributed by atoms with Gasteiger partial charge in [-0.1, -0.05) is 11.6 Å². The van der Waals surface area contributed by atoms with Gasteiger partial charge in [0, 0.05) is 16.1 Å². The molecule has 0 unspecified atom stereocenters. The van der Waals surface area contributed by atoms with Crippen LogP contribution in [-0.4, -0.2) is 18.6 Å². The van der Waals surface area contributed by atoms with Crippen LogP contribution in [0.5, 0.6) is 0 Å². The smallest absolute Gasteiger partial charge is 0.264 e. The van der Waals surface area contributed by atoms with Crippen LogP contribution in [0.4, 0.5) is 10.1 Å². The van der Waals surface area contributed by atoms with Gasteiger partial charge in [-0.25, -0.2) is 12.8 Å². The number of benzene rings is 2. The van der Waals surface area contributed by atoms with Crippen molar-refractivity contribution in [2.24, 2.45) is 0 Å². The Balaban J connectivity index is 1.95. The van der Waals surface area contributed by atoms with Crippen LogP contribution in [0.1, 0.15) is 18.5 Å². The van der Waals surface area contributed by atoms with Crippen LogP contribution in [0.25, 0.3) is 11.3 Å². The molecule has 128 valence electrons. The van der Waals surface area contributed by atoms with Crippen LogP contribution in [0, 0.1) is 5.82 Å². The third-order valence-electron chi connectivity index (χ3n) is 4.31. The number of hydrogen-bond donors (Lipinski definition) is 1. The molecule has 0 aliphatic carbocycles. The van der Waals surface area contributed by atoms with Crippen molar-refractivity contribution in [1.82, 2.24) is 10.2 Å². The number of hydrogen-bond acceptors (Lipinski definition) is 3. The van der Waals surface area contributed by atoms with Gasteiger partial charge in [-0.05, 0) is 49.4 Å². The molecule has 2 heterocycles. The third-order valence-corrected chi connectivity index (χ3v) is 6.46. The van der Waals surface area contributed by atoms with E-state index in [0.717, 1.165) is 0 Å². The van der Waals surface area contributed by atoms with Gasteiger partial charge in [0.25, 0.3) is 10.0 Å². The minimum atomic E-state index is -3.86. The van der Waals surface area contributed by atoms with Crippen LogP contribution in [0.15, 0.2) is 53.6 Å². The molecule has 8 heteroatoms. The Kier molecular flexibility index (Phi) is 3.59. The number of nitrogens with one attached hydrogen (secondary N) is 1. The Bertz CT molecular complexity index is 1060. The second-order valence-corrected chi connectivity index (χ2v) is 8.04. The summed E-state index contributed by atoms with van der Waals surface area (Å²) in [5.41, 5.74) is 2.18. The van der Waals surface area contributed by atoms with Crippen molar-refractivity contribution in [3.63, 3.8) is 0 Å². The molecule has 1 atom stereocenters. The number of aromatic amines is 1. The number of sulfonamides is 1. The Morgan fingerprint density at radius 3 is 2.64 bits per heavy atom. The van der Waals surface area contributed by atoms with Crippen molar-refractivity contribution < 1.29 is 12.8 Å². The van der Waals surface area contributed by atoms with E-state index < -0.39 is 21.9 Å². The summed E-state index contributed by atoms with van der Waals surface area (Å²) in [5.74, 6) is -0.447. The highest BCUT2D eigenvalue weighted by Crippen LogP contribution is 2.46. The van der Waals surface area contributed by atoms with Gasteiger partial charge in [0.1, 0.15) is 5.82 Å². The third kappa shape index (κ3) is 2.42. The number of H-pyrrole nitrogens is 1. The van der Waals surface area contributed by atoms with Gasteiger partial charge in [0.15, 0.2) is 0 Å². The topological polar surface area (TPSA) is 66.1 Å². The molecule has 1 aromatic heterocycles. The Morgan fingerprint density at radius 2 is 1.92 bits per heavy atom. The van der Waals surface area contributed by atoms with E-state index in [1.807, 2.05) is 0 Å². The summed E-state index contributed by atoms with van der Waals surface area (Å²) < 4.78 is 41.6. The van der Waals surface area contributed by atoms with E-state index in [2.05, 4.69) is 10.2 Å². The van der Waals surface area contributed by atoms with Crippen LogP contribution in [0.3, 0.4) is 0 Å². The van der Waals surface area contributed by atoms with Crippen LogP contribution in [-0.2, 0) is 10.0 Å². The molecule has 0 saturated heterocycles. The van der Waals surface area contributed by atoms with Gasteiger partial charge in [-0.3, -0.25) is 9.40 Å². The van der Waals surface area contributed by atoms with E-state index in [0.29, 0.717) is 27.5 Å². The van der Waals surface area contributed by atoms with Gasteiger partial charge >= 0.3 is 0 Å². The van der Waals surface area contributed by atoms with Crippen LogP contribution in [0.2, 0.25) is 5.02 Å². The SMILES string of the molecule is C[C@H]1c2cn[nH]c2-c2cc(F)ccc2N1S(=O)(=O)c1ccc(Cl)cc1. The Labute approximate surface area is 149 Å². The first-order valence-electron chi connectivity index (χ1n) is 7.53. The molecule has 2 aromatic carbocycles. The standard InChI is InChI=1S/C17H13ClFN3O2S/c1-10-15-9-20-21-17(15)14-8-12(19)4-7-16(14)22(10)25(23,24)13-5-2-11(18)3-6-13/h2-10H,1H3,(H,20,21)/t10-/m0/s1. The monoisotopic (exact) mass is 377 g/mol. The summed E-state index contributed by atoms with van der Waals surface area (Å²) in [5, 5.41) is 7.28. The predicted octanol–water partition coefficient (Wildman–Crippen LogP) is 4.14. The van der Waals surface area contributed by atoms with Gasteiger partial charge in [-0.15, -0.1) is 0 Å². The van der Waals surface area contributed by atoms with Crippen LogP contribution >= 0.6 is 11.6 Å². The maximum absolute atomic E-state index is 13.8. The number of nitrogens with zero attached hydrogens (tertiary/aromatic N) is 2. The lowest BCUT2D eigenvalue weighted by atomic mass is 9.97. The molecule has 25 heavy (non-hydrogen) atoms. The van der Waals surface area contributed by atoms with E-state index in [1.165, 1.54) is 46.8 Å². The molecule has 4 rings (SSSR count). The Hall–Kier alpha value is -2.38. The summed E-state index contributed by atoms with van der Waals surface area (Å²) in [4.78, 5) is 0.117. The number of aromatic nitrogens is 2. The summed E-state index contributed by atoms with van der Waals surface area (Å²) in [7, 11) is -3.86. The molecule has 0 radical (unpaired) electrons. The maximum atomic E-state index is 13.8. The van der Waals surface area contributed by atoms with Crippen molar-refractivity contribution in [1.29, 1.82) is 0 Å². The van der Waals surface area contributed by atoms with Gasteiger partial charge in [0.2, 0.25) is 0 Å². The van der Waals surface area contributed by atoms with Crippen molar-refractivity contribution in [2.45, 2.75) is 17.9 Å². The average molecular weight is 378 g/mol. The fraction of sp³-hybridized carbons (Fsp3) is 0.118. The molecule has 0 bridgehead atoms. The van der Waals surface area contributed by atoms with E-state index in [4.69, 9.17) is 11.6 Å². The fourth-order valence-electron chi connectivity index (χ4n) is 3.12. The van der Waals surface area contributed by atoms with E-state index >= 15 is 0 Å². The van der Waals surface area contributed by atoms with E-state index in [9.17, 15) is 12.8 Å².